The lowest BCUT2D eigenvalue weighted by Gasteiger charge is -2.24. The molecule has 0 spiro atoms. The molecule has 2 amide bonds. The average Bonchev–Trinajstić information content (AvgIpc) is 3.15. The lowest BCUT2D eigenvalue weighted by molar-refractivity contribution is 0.251. The molecule has 29 heavy (non-hydrogen) atoms. The van der Waals surface area contributed by atoms with E-state index in [2.05, 4.69) is 57.9 Å². The minimum atomic E-state index is -0.0549. The lowest BCUT2D eigenvalue weighted by atomic mass is 10.0. The number of aromatic amines is 1. The van der Waals surface area contributed by atoms with Crippen molar-refractivity contribution in [2.45, 2.75) is 31.2 Å². The maximum Gasteiger partial charge on any atom is 0.322 e. The summed E-state index contributed by atoms with van der Waals surface area (Å²) in [7, 11) is 0. The van der Waals surface area contributed by atoms with E-state index in [1.54, 1.807) is 0 Å². The largest absolute Gasteiger partial charge is 0.364 e. The van der Waals surface area contributed by atoms with Crippen LogP contribution in [0.5, 0.6) is 0 Å². The van der Waals surface area contributed by atoms with Crippen LogP contribution in [0.2, 0.25) is 0 Å². The molecule has 0 radical (unpaired) electrons. The highest BCUT2D eigenvalue weighted by Gasteiger charge is 2.33. The van der Waals surface area contributed by atoms with Crippen LogP contribution in [0.1, 0.15) is 41.6 Å². The molecule has 0 bridgehead atoms. The van der Waals surface area contributed by atoms with Crippen LogP contribution in [0.3, 0.4) is 0 Å². The van der Waals surface area contributed by atoms with E-state index >= 15 is 0 Å². The standard InChI is InChI=1S/C24H22N4O/c29-24-27-14-23(28(24)20-8-7-17-9-10-25-22(17)12-20)18-5-1-15(2-6-18)19-11-21(26-13-19)16-3-4-16/h1-2,5-8,10-13,16,23,26H,3-4,9,14H2,(H,27,29). The van der Waals surface area contributed by atoms with Gasteiger partial charge in [0.05, 0.1) is 11.7 Å². The molecular formula is C24H22N4O. The van der Waals surface area contributed by atoms with Crippen LogP contribution in [-0.2, 0) is 6.42 Å². The molecule has 6 rings (SSSR count). The van der Waals surface area contributed by atoms with Gasteiger partial charge in [-0.2, -0.15) is 0 Å². The number of hydrogen-bond donors (Lipinski definition) is 2. The van der Waals surface area contributed by atoms with Gasteiger partial charge in [0.1, 0.15) is 0 Å². The van der Waals surface area contributed by atoms with Gasteiger partial charge in [0.2, 0.25) is 0 Å². The fourth-order valence-corrected chi connectivity index (χ4v) is 4.41. The quantitative estimate of drug-likeness (QED) is 0.649. The number of amides is 2. The zero-order valence-electron chi connectivity index (χ0n) is 16.1. The number of aliphatic imine (C=N–C) groups is 1. The van der Waals surface area contributed by atoms with Crippen molar-refractivity contribution < 1.29 is 4.79 Å². The van der Waals surface area contributed by atoms with Crippen molar-refractivity contribution in [2.75, 3.05) is 11.4 Å². The van der Waals surface area contributed by atoms with E-state index < -0.39 is 0 Å². The Balaban J connectivity index is 1.29. The Morgan fingerprint density at radius 1 is 1.00 bits per heavy atom. The molecule has 5 heteroatoms. The van der Waals surface area contributed by atoms with Crippen molar-refractivity contribution in [2.24, 2.45) is 4.99 Å². The maximum atomic E-state index is 12.6. The van der Waals surface area contributed by atoms with Gasteiger partial charge in [-0.25, -0.2) is 4.79 Å². The average molecular weight is 382 g/mol. The molecule has 3 aromatic rings. The van der Waals surface area contributed by atoms with E-state index in [4.69, 9.17) is 0 Å². The Labute approximate surface area is 169 Å². The molecule has 2 aliphatic heterocycles. The van der Waals surface area contributed by atoms with Gasteiger partial charge in [0.25, 0.3) is 0 Å². The normalized spacial score (nSPS) is 20.2. The number of benzene rings is 2. The molecule has 5 nitrogen and oxygen atoms in total. The number of rotatable bonds is 4. The summed E-state index contributed by atoms with van der Waals surface area (Å²) < 4.78 is 0. The summed E-state index contributed by atoms with van der Waals surface area (Å²) in [5.74, 6) is 0.726. The summed E-state index contributed by atoms with van der Waals surface area (Å²) >= 11 is 0. The van der Waals surface area contributed by atoms with Crippen molar-refractivity contribution in [3.63, 3.8) is 0 Å². The third-order valence-electron chi connectivity index (χ3n) is 6.22. The molecule has 1 aromatic heterocycles. The smallest absolute Gasteiger partial charge is 0.322 e. The SMILES string of the molecule is O=C1NCC(c2ccc(-c3c[nH]c(C4CC4)c3)cc2)N1c1ccc2c(c1)N=CC2. The van der Waals surface area contributed by atoms with Crippen molar-refractivity contribution >= 4 is 23.6 Å². The second-order valence-electron chi connectivity index (χ2n) is 8.14. The van der Waals surface area contributed by atoms with Gasteiger partial charge in [0.15, 0.2) is 0 Å². The Bertz CT molecular complexity index is 1120. The molecule has 1 atom stereocenters. The predicted octanol–water partition coefficient (Wildman–Crippen LogP) is 5.09. The summed E-state index contributed by atoms with van der Waals surface area (Å²) in [6.07, 6.45) is 7.48. The highest BCUT2D eigenvalue weighted by atomic mass is 16.2. The molecule has 3 aliphatic rings. The minimum Gasteiger partial charge on any atom is -0.364 e. The first-order valence-corrected chi connectivity index (χ1v) is 10.3. The van der Waals surface area contributed by atoms with Gasteiger partial charge in [0, 0.05) is 36.8 Å². The molecule has 1 saturated heterocycles. The Kier molecular flexibility index (Phi) is 3.63. The van der Waals surface area contributed by atoms with Gasteiger partial charge < -0.3 is 10.3 Å². The van der Waals surface area contributed by atoms with Crippen LogP contribution >= 0.6 is 0 Å². The number of nitrogens with zero attached hydrogens (tertiary/aromatic N) is 2. The van der Waals surface area contributed by atoms with Crippen LogP contribution in [0, 0.1) is 0 Å². The Hall–Kier alpha value is -3.34. The summed E-state index contributed by atoms with van der Waals surface area (Å²) in [6, 6.07) is 16.9. The number of carbonyl (C=O) groups excluding carboxylic acids is 1. The Morgan fingerprint density at radius 3 is 2.69 bits per heavy atom. The molecule has 1 aliphatic carbocycles. The van der Waals surface area contributed by atoms with E-state index in [-0.39, 0.29) is 12.1 Å². The van der Waals surface area contributed by atoms with E-state index in [9.17, 15) is 4.79 Å². The summed E-state index contributed by atoms with van der Waals surface area (Å²) in [5.41, 5.74) is 7.99. The second kappa shape index (κ2) is 6.34. The molecule has 1 unspecified atom stereocenters. The van der Waals surface area contributed by atoms with Crippen LogP contribution in [0.25, 0.3) is 11.1 Å². The van der Waals surface area contributed by atoms with Crippen molar-refractivity contribution in [3.8, 4) is 11.1 Å². The van der Waals surface area contributed by atoms with Crippen LogP contribution < -0.4 is 10.2 Å². The molecule has 3 heterocycles. The second-order valence-corrected chi connectivity index (χ2v) is 8.14. The predicted molar refractivity (Wildman–Crippen MR) is 115 cm³/mol. The van der Waals surface area contributed by atoms with E-state index in [1.165, 1.54) is 35.2 Å². The van der Waals surface area contributed by atoms with Gasteiger partial charge in [-0.1, -0.05) is 30.3 Å². The van der Waals surface area contributed by atoms with Crippen LogP contribution in [0.15, 0.2) is 59.7 Å². The number of carbonyl (C=O) groups is 1. The van der Waals surface area contributed by atoms with Gasteiger partial charge in [-0.15, -0.1) is 0 Å². The van der Waals surface area contributed by atoms with Crippen LogP contribution in [-0.4, -0.2) is 23.8 Å². The monoisotopic (exact) mass is 382 g/mol. The summed E-state index contributed by atoms with van der Waals surface area (Å²) in [4.78, 5) is 22.3. The number of anilines is 1. The minimum absolute atomic E-state index is 0.0202. The van der Waals surface area contributed by atoms with E-state index in [0.717, 1.165) is 29.3 Å². The molecule has 144 valence electrons. The number of fused-ring (bicyclic) bond motifs is 1. The number of H-pyrrole nitrogens is 1. The molecule has 2 N–H and O–H groups in total. The molecule has 1 saturated carbocycles. The van der Waals surface area contributed by atoms with E-state index in [0.29, 0.717) is 6.54 Å². The van der Waals surface area contributed by atoms with E-state index in [1.807, 2.05) is 23.2 Å². The van der Waals surface area contributed by atoms with Gasteiger partial charge in [-0.05, 0) is 59.2 Å². The van der Waals surface area contributed by atoms with Crippen molar-refractivity contribution in [1.82, 2.24) is 10.3 Å². The first-order chi connectivity index (χ1) is 14.3. The maximum absolute atomic E-state index is 12.6. The highest BCUT2D eigenvalue weighted by Crippen LogP contribution is 2.41. The fourth-order valence-electron chi connectivity index (χ4n) is 4.41. The third kappa shape index (κ3) is 2.85. The topological polar surface area (TPSA) is 60.5 Å². The Morgan fingerprint density at radius 2 is 1.86 bits per heavy atom. The zero-order valence-corrected chi connectivity index (χ0v) is 16.1. The number of nitrogens with one attached hydrogen (secondary N) is 2. The van der Waals surface area contributed by atoms with Crippen molar-refractivity contribution in [3.05, 3.63) is 71.5 Å². The molecular weight excluding hydrogens is 360 g/mol. The van der Waals surface area contributed by atoms with Crippen LogP contribution in [0.4, 0.5) is 16.2 Å². The van der Waals surface area contributed by atoms with Gasteiger partial charge >= 0.3 is 6.03 Å². The van der Waals surface area contributed by atoms with Gasteiger partial charge in [-0.3, -0.25) is 9.89 Å². The molecule has 2 aromatic carbocycles. The summed E-state index contributed by atoms with van der Waals surface area (Å²) in [6.45, 7) is 0.606. The molecule has 2 fully saturated rings. The number of hydrogen-bond acceptors (Lipinski definition) is 2. The third-order valence-corrected chi connectivity index (χ3v) is 6.22. The van der Waals surface area contributed by atoms with Crippen molar-refractivity contribution in [1.29, 1.82) is 0 Å². The lowest BCUT2D eigenvalue weighted by Crippen LogP contribution is -2.29. The first kappa shape index (κ1) is 16.6. The summed E-state index contributed by atoms with van der Waals surface area (Å²) in [5, 5.41) is 3.00. The number of aromatic nitrogens is 1. The number of urea groups is 1. The fraction of sp³-hybridized carbons (Fsp3) is 0.250. The first-order valence-electron chi connectivity index (χ1n) is 10.3. The zero-order chi connectivity index (χ0) is 19.4. The highest BCUT2D eigenvalue weighted by molar-refractivity contribution is 5.96.